The van der Waals surface area contributed by atoms with Gasteiger partial charge in [-0.3, -0.25) is 0 Å². The normalized spacial score (nSPS) is 7.56. The summed E-state index contributed by atoms with van der Waals surface area (Å²) < 4.78 is 4.83. The predicted molar refractivity (Wildman–Crippen MR) is 40.1 cm³/mol. The molecule has 0 bridgehead atoms. The van der Waals surface area contributed by atoms with Gasteiger partial charge in [-0.25, -0.2) is 0 Å². The molecular formula is C6H6AlClO. The minimum atomic E-state index is 0. The standard InChI is InChI=1S/C6H6O.Al.ClH/c7-6-4-2-1-3-5-6;;/h1-5,7H;;1H/q;+1;/p-1. The van der Waals surface area contributed by atoms with E-state index in [1.54, 1.807) is 0 Å². The lowest BCUT2D eigenvalue weighted by Crippen LogP contribution is -1.81. The van der Waals surface area contributed by atoms with Gasteiger partial charge < -0.3 is 3.79 Å². The fraction of sp³-hybridized carbons (Fsp3) is 0. The van der Waals surface area contributed by atoms with Crippen LogP contribution in [0.5, 0.6) is 5.75 Å². The summed E-state index contributed by atoms with van der Waals surface area (Å²) in [7, 11) is 0. The van der Waals surface area contributed by atoms with Gasteiger partial charge in [0, 0.05) is 0 Å². The quantitative estimate of drug-likeness (QED) is 0.561. The number of hydrogen-bond acceptors (Lipinski definition) is 1. The first-order chi connectivity index (χ1) is 3.93. The summed E-state index contributed by atoms with van der Waals surface area (Å²) in [6.45, 7) is 0. The van der Waals surface area contributed by atoms with E-state index in [1.807, 2.05) is 30.3 Å². The van der Waals surface area contributed by atoms with Crippen LogP contribution in [0.3, 0.4) is 0 Å². The Morgan fingerprint density at radius 2 is 1.67 bits per heavy atom. The van der Waals surface area contributed by atoms with Crippen LogP contribution in [0.4, 0.5) is 0 Å². The van der Waals surface area contributed by atoms with Gasteiger partial charge in [0.05, 0.1) is 5.75 Å². The fourth-order valence-corrected chi connectivity index (χ4v) is 0.656. The molecule has 9 heavy (non-hydrogen) atoms. The van der Waals surface area contributed by atoms with E-state index in [0.717, 1.165) is 5.75 Å². The monoisotopic (exact) mass is 156 g/mol. The van der Waals surface area contributed by atoms with Crippen molar-refractivity contribution in [3.63, 3.8) is 0 Å². The molecule has 0 aliphatic carbocycles. The Morgan fingerprint density at radius 3 is 2.00 bits per heavy atom. The Morgan fingerprint density at radius 1 is 1.11 bits per heavy atom. The third kappa shape index (κ3) is 2.76. The molecule has 2 radical (unpaired) electrons. The van der Waals surface area contributed by atoms with Crippen LogP contribution in [-0.2, 0) is 0 Å². The third-order valence-electron chi connectivity index (χ3n) is 0.879. The average molecular weight is 157 g/mol. The van der Waals surface area contributed by atoms with Gasteiger partial charge in [0.1, 0.15) is 0 Å². The van der Waals surface area contributed by atoms with Gasteiger partial charge in [-0.05, 0) is 12.1 Å². The summed E-state index contributed by atoms with van der Waals surface area (Å²) in [4.78, 5) is 0. The molecular weight excluding hydrogens is 150 g/mol. The Hall–Kier alpha value is -0.158. The topological polar surface area (TPSA) is 9.23 Å². The average Bonchev–Trinajstić information content (AvgIpc) is 1.90. The lowest BCUT2D eigenvalue weighted by molar-refractivity contribution is 0.616. The number of hydrogen-bond donors (Lipinski definition) is 0. The molecule has 0 saturated heterocycles. The van der Waals surface area contributed by atoms with Crippen molar-refractivity contribution in [3.05, 3.63) is 30.3 Å². The molecule has 0 saturated carbocycles. The van der Waals surface area contributed by atoms with E-state index in [0.29, 0.717) is 0 Å². The molecule has 0 amide bonds. The Bertz CT molecular complexity index is 154. The maximum Gasteiger partial charge on any atom is 0.482 e. The molecule has 1 aromatic rings. The highest BCUT2D eigenvalue weighted by Gasteiger charge is 1.79. The number of para-hydroxylation sites is 1. The zero-order valence-corrected chi connectivity index (χ0v) is 6.75. The highest BCUT2D eigenvalue weighted by Crippen LogP contribution is 2.05. The van der Waals surface area contributed by atoms with Crippen LogP contribution in [0.2, 0.25) is 0 Å². The van der Waals surface area contributed by atoms with Gasteiger partial charge in [0.15, 0.2) is 0 Å². The lowest BCUT2D eigenvalue weighted by atomic mass is 10.3. The zero-order chi connectivity index (χ0) is 5.82. The van der Waals surface area contributed by atoms with Crippen LogP contribution in [0.1, 0.15) is 0 Å². The van der Waals surface area contributed by atoms with Gasteiger partial charge in [0.2, 0.25) is 0 Å². The highest BCUT2D eigenvalue weighted by molar-refractivity contribution is 5.99. The van der Waals surface area contributed by atoms with Gasteiger partial charge in [-0.15, -0.1) is 12.4 Å². The molecule has 0 spiro atoms. The molecule has 0 atom stereocenters. The minimum absolute atomic E-state index is 0. The van der Waals surface area contributed by atoms with Crippen molar-refractivity contribution in [2.24, 2.45) is 0 Å². The van der Waals surface area contributed by atoms with E-state index in [9.17, 15) is 0 Å². The first kappa shape index (κ1) is 8.84. The molecule has 0 unspecified atom stereocenters. The summed E-state index contributed by atoms with van der Waals surface area (Å²) in [5.74, 6) is 0.873. The molecule has 1 nitrogen and oxygen atoms in total. The highest BCUT2D eigenvalue weighted by atomic mass is 35.5. The van der Waals surface area contributed by atoms with E-state index < -0.39 is 0 Å². The van der Waals surface area contributed by atoms with Crippen molar-refractivity contribution in [3.8, 4) is 5.75 Å². The third-order valence-corrected chi connectivity index (χ3v) is 1.15. The molecule has 0 aliphatic heterocycles. The molecule has 0 heterocycles. The van der Waals surface area contributed by atoms with Crippen LogP contribution in [-0.4, -0.2) is 16.6 Å². The van der Waals surface area contributed by atoms with Crippen LogP contribution in [0.25, 0.3) is 0 Å². The predicted octanol–water partition coefficient (Wildman–Crippen LogP) is 1.57. The number of benzene rings is 1. The molecule has 0 aliphatic rings. The molecule has 1 rings (SSSR count). The summed E-state index contributed by atoms with van der Waals surface area (Å²) >= 11 is 2.19. The van der Waals surface area contributed by atoms with Crippen molar-refractivity contribution in [1.82, 2.24) is 0 Å². The summed E-state index contributed by atoms with van der Waals surface area (Å²) in [6, 6.07) is 9.60. The first-order valence-electron chi connectivity index (χ1n) is 2.35. The largest absolute Gasteiger partial charge is 0.654 e. The molecule has 0 fully saturated rings. The number of rotatable bonds is 1. The van der Waals surface area contributed by atoms with E-state index in [4.69, 9.17) is 3.79 Å². The van der Waals surface area contributed by atoms with E-state index in [2.05, 4.69) is 16.6 Å². The molecule has 1 aromatic carbocycles. The van der Waals surface area contributed by atoms with Gasteiger partial charge in [-0.2, -0.15) is 0 Å². The summed E-state index contributed by atoms with van der Waals surface area (Å²) in [5, 5.41) is 0. The molecule has 3 heteroatoms. The second-order valence-corrected chi connectivity index (χ2v) is 1.67. The van der Waals surface area contributed by atoms with Crippen molar-refractivity contribution >= 4 is 29.0 Å². The maximum absolute atomic E-state index is 4.83. The van der Waals surface area contributed by atoms with Gasteiger partial charge >= 0.3 is 16.6 Å². The van der Waals surface area contributed by atoms with Gasteiger partial charge in [0.25, 0.3) is 0 Å². The van der Waals surface area contributed by atoms with Crippen LogP contribution in [0.15, 0.2) is 30.3 Å². The van der Waals surface area contributed by atoms with Gasteiger partial charge in [-0.1, -0.05) is 18.2 Å². The van der Waals surface area contributed by atoms with Crippen LogP contribution < -0.4 is 3.79 Å². The zero-order valence-electron chi connectivity index (χ0n) is 4.78. The maximum atomic E-state index is 4.83. The minimum Gasteiger partial charge on any atom is -0.654 e. The SMILES string of the molecule is Cl.[Al][O]c1ccccc1. The van der Waals surface area contributed by atoms with E-state index in [1.165, 1.54) is 0 Å². The van der Waals surface area contributed by atoms with Crippen molar-refractivity contribution in [2.45, 2.75) is 0 Å². The Labute approximate surface area is 69.2 Å². The summed E-state index contributed by atoms with van der Waals surface area (Å²) in [5.41, 5.74) is 0. The van der Waals surface area contributed by atoms with Crippen molar-refractivity contribution in [2.75, 3.05) is 0 Å². The van der Waals surface area contributed by atoms with Crippen molar-refractivity contribution in [1.29, 1.82) is 0 Å². The van der Waals surface area contributed by atoms with Crippen LogP contribution in [0, 0.1) is 0 Å². The number of halogens is 1. The molecule has 46 valence electrons. The Balaban J connectivity index is 0.000000640. The van der Waals surface area contributed by atoms with E-state index in [-0.39, 0.29) is 12.4 Å². The second kappa shape index (κ2) is 4.70. The fourth-order valence-electron chi connectivity index (χ4n) is 0.499. The Kier molecular flexibility index (Phi) is 4.61. The summed E-state index contributed by atoms with van der Waals surface area (Å²) in [6.07, 6.45) is 0. The van der Waals surface area contributed by atoms with Crippen LogP contribution >= 0.6 is 12.4 Å². The second-order valence-electron chi connectivity index (χ2n) is 1.43. The first-order valence-corrected chi connectivity index (χ1v) is 2.82. The lowest BCUT2D eigenvalue weighted by Gasteiger charge is -1.97. The molecule has 0 N–H and O–H groups in total. The smallest absolute Gasteiger partial charge is 0.482 e. The van der Waals surface area contributed by atoms with Crippen molar-refractivity contribution < 1.29 is 3.79 Å². The molecule has 0 aromatic heterocycles. The van der Waals surface area contributed by atoms with E-state index >= 15 is 0 Å².